The lowest BCUT2D eigenvalue weighted by Crippen LogP contribution is -2.37. The molecule has 0 bridgehead atoms. The average Bonchev–Trinajstić information content (AvgIpc) is 2.93. The van der Waals surface area contributed by atoms with E-state index in [-0.39, 0.29) is 17.6 Å². The molecule has 5 N–H and O–H groups in total. The summed E-state index contributed by atoms with van der Waals surface area (Å²) < 4.78 is 13.9. The number of carboxylic acids is 1. The van der Waals surface area contributed by atoms with E-state index in [0.29, 0.717) is 41.9 Å². The zero-order valence-electron chi connectivity index (χ0n) is 23.6. The van der Waals surface area contributed by atoms with Crippen molar-refractivity contribution in [1.29, 1.82) is 0 Å². The Bertz CT molecular complexity index is 1290. The molecule has 40 heavy (non-hydrogen) atoms. The fraction of sp³-hybridized carbons (Fsp3) is 0.355. The Morgan fingerprint density at radius 2 is 1.85 bits per heavy atom. The van der Waals surface area contributed by atoms with Gasteiger partial charge in [-0.05, 0) is 100 Å². The molecule has 1 saturated heterocycles. The first-order valence-electron chi connectivity index (χ1n) is 13.4. The number of piperidine rings is 1. The van der Waals surface area contributed by atoms with Crippen LogP contribution in [0.1, 0.15) is 47.6 Å². The molecule has 1 aliphatic heterocycles. The van der Waals surface area contributed by atoms with Crippen molar-refractivity contribution in [3.05, 3.63) is 94.8 Å². The fourth-order valence-corrected chi connectivity index (χ4v) is 4.97. The number of benzene rings is 2. The van der Waals surface area contributed by atoms with Crippen LogP contribution in [0.4, 0.5) is 4.39 Å². The number of nitrogens with two attached hydrogens (primary N) is 2. The lowest BCUT2D eigenvalue weighted by Gasteiger charge is -2.30. The molecule has 8 nitrogen and oxygen atoms in total. The lowest BCUT2D eigenvalue weighted by atomic mass is 9.94. The van der Waals surface area contributed by atoms with Crippen molar-refractivity contribution in [2.75, 3.05) is 26.2 Å². The van der Waals surface area contributed by atoms with Gasteiger partial charge in [0.1, 0.15) is 5.82 Å². The van der Waals surface area contributed by atoms with Gasteiger partial charge in [0.05, 0.1) is 17.3 Å². The van der Waals surface area contributed by atoms with Gasteiger partial charge in [0.15, 0.2) is 0 Å². The Morgan fingerprint density at radius 3 is 2.40 bits per heavy atom. The third-order valence-corrected chi connectivity index (χ3v) is 7.35. The number of carboxylic acid groups (broad SMARTS) is 1. The van der Waals surface area contributed by atoms with Crippen LogP contribution in [0.3, 0.4) is 0 Å². The number of carbonyl (C=O) groups is 1. The number of halogens is 1. The van der Waals surface area contributed by atoms with Crippen LogP contribution >= 0.6 is 0 Å². The second-order valence-corrected chi connectivity index (χ2v) is 10.1. The third kappa shape index (κ3) is 7.88. The highest BCUT2D eigenvalue weighted by atomic mass is 19.1. The molecular formula is C31H40FN5O3. The van der Waals surface area contributed by atoms with Gasteiger partial charge in [0, 0.05) is 29.8 Å². The Morgan fingerprint density at radius 1 is 1.20 bits per heavy atom. The van der Waals surface area contributed by atoms with Crippen LogP contribution in [0.15, 0.2) is 66.2 Å². The number of aliphatic imine (C=N–C) groups is 1. The van der Waals surface area contributed by atoms with E-state index in [4.69, 9.17) is 16.6 Å². The van der Waals surface area contributed by atoms with Crippen LogP contribution in [0.2, 0.25) is 0 Å². The summed E-state index contributed by atoms with van der Waals surface area (Å²) in [5.41, 5.74) is 6.24. The first-order valence-corrected chi connectivity index (χ1v) is 13.4. The van der Waals surface area contributed by atoms with Crippen LogP contribution in [-0.2, 0) is 16.1 Å². The van der Waals surface area contributed by atoms with Gasteiger partial charge in [0.2, 0.25) is 5.90 Å². The SMILES string of the molecule is C=C(/C=C(/c1cccc(F)c1)N(N)CC)C(=NC(=C)c1cc(C)c(CCN2CCC(C(=O)O)CC2)c(C)c1)ON. The Labute approximate surface area is 236 Å². The van der Waals surface area contributed by atoms with E-state index in [9.17, 15) is 14.3 Å². The van der Waals surface area contributed by atoms with Crippen molar-refractivity contribution in [3.63, 3.8) is 0 Å². The monoisotopic (exact) mass is 549 g/mol. The molecule has 0 radical (unpaired) electrons. The summed E-state index contributed by atoms with van der Waals surface area (Å²) in [5.74, 6) is 10.5. The molecule has 1 heterocycles. The summed E-state index contributed by atoms with van der Waals surface area (Å²) >= 11 is 0. The van der Waals surface area contributed by atoms with Gasteiger partial charge in [-0.1, -0.05) is 25.3 Å². The van der Waals surface area contributed by atoms with Gasteiger partial charge in [-0.15, -0.1) is 0 Å². The largest absolute Gasteiger partial charge is 0.481 e. The normalized spacial score (nSPS) is 15.2. The maximum atomic E-state index is 13.9. The summed E-state index contributed by atoms with van der Waals surface area (Å²) in [7, 11) is 0. The number of rotatable bonds is 11. The van der Waals surface area contributed by atoms with Crippen molar-refractivity contribution >= 4 is 23.3 Å². The summed E-state index contributed by atoms with van der Waals surface area (Å²) in [6, 6.07) is 10.2. The predicted octanol–water partition coefficient (Wildman–Crippen LogP) is 4.83. The fourth-order valence-electron chi connectivity index (χ4n) is 4.97. The van der Waals surface area contributed by atoms with Gasteiger partial charge in [-0.25, -0.2) is 15.2 Å². The Kier molecular flexibility index (Phi) is 10.8. The highest BCUT2D eigenvalue weighted by molar-refractivity contribution is 6.00. The molecule has 0 unspecified atom stereocenters. The number of hydrazine groups is 1. The van der Waals surface area contributed by atoms with Crippen LogP contribution in [0.25, 0.3) is 11.4 Å². The van der Waals surface area contributed by atoms with E-state index in [2.05, 4.69) is 36.9 Å². The van der Waals surface area contributed by atoms with E-state index in [1.807, 2.05) is 19.1 Å². The summed E-state index contributed by atoms with van der Waals surface area (Å²) in [4.78, 5) is 23.1. The molecule has 0 aromatic heterocycles. The third-order valence-electron chi connectivity index (χ3n) is 7.35. The molecule has 1 aliphatic rings. The zero-order valence-corrected chi connectivity index (χ0v) is 23.6. The maximum Gasteiger partial charge on any atom is 0.306 e. The average molecular weight is 550 g/mol. The van der Waals surface area contributed by atoms with E-state index in [1.165, 1.54) is 22.7 Å². The molecule has 0 saturated carbocycles. The molecule has 1 fully saturated rings. The standard InChI is InChI=1S/C31H40FN5O3/c1-6-37(33)29(25-8-7-9-27(32)19-25)18-22(4)30(40-34)35-23(5)26-16-20(2)28(21(3)17-26)12-15-36-13-10-24(11-14-36)31(38)39/h7-9,16-19,24H,4-6,10-15,33-34H2,1-3H3,(H,38,39)/b29-18-,35-30?. The summed E-state index contributed by atoms with van der Waals surface area (Å²) in [5, 5.41) is 10.7. The number of hydrogen-bond acceptors (Lipinski definition) is 7. The van der Waals surface area contributed by atoms with Gasteiger partial charge in [-0.2, -0.15) is 5.90 Å². The van der Waals surface area contributed by atoms with Crippen molar-refractivity contribution in [3.8, 4) is 0 Å². The van der Waals surface area contributed by atoms with Crippen molar-refractivity contribution in [1.82, 2.24) is 9.91 Å². The number of nitrogens with zero attached hydrogens (tertiary/aromatic N) is 3. The van der Waals surface area contributed by atoms with Crippen molar-refractivity contribution in [2.24, 2.45) is 22.6 Å². The van der Waals surface area contributed by atoms with Crippen molar-refractivity contribution < 1.29 is 19.1 Å². The van der Waals surface area contributed by atoms with Gasteiger partial charge in [0.25, 0.3) is 0 Å². The number of aliphatic carboxylic acids is 1. The molecule has 0 spiro atoms. The van der Waals surface area contributed by atoms with Crippen molar-refractivity contribution in [2.45, 2.75) is 40.0 Å². The number of hydrogen-bond donors (Lipinski definition) is 3. The van der Waals surface area contributed by atoms with E-state index in [1.54, 1.807) is 18.2 Å². The van der Waals surface area contributed by atoms with E-state index in [0.717, 1.165) is 42.7 Å². The molecule has 3 rings (SSSR count). The Balaban J connectivity index is 1.76. The maximum absolute atomic E-state index is 13.9. The van der Waals surface area contributed by atoms with Gasteiger partial charge in [-0.3, -0.25) is 4.79 Å². The highest BCUT2D eigenvalue weighted by Crippen LogP contribution is 2.25. The second-order valence-electron chi connectivity index (χ2n) is 10.1. The lowest BCUT2D eigenvalue weighted by molar-refractivity contribution is -0.143. The van der Waals surface area contributed by atoms with Crippen LogP contribution in [0, 0.1) is 25.6 Å². The summed E-state index contributed by atoms with van der Waals surface area (Å²) in [6.45, 7) is 17.1. The molecule has 2 aromatic carbocycles. The minimum absolute atomic E-state index is 0.0625. The molecule has 9 heteroatoms. The van der Waals surface area contributed by atoms with Crippen LogP contribution in [0.5, 0.6) is 0 Å². The molecule has 0 atom stereocenters. The summed E-state index contributed by atoms with van der Waals surface area (Å²) in [6.07, 6.45) is 3.92. The number of likely N-dealkylation sites (tertiary alicyclic amines) is 1. The molecule has 214 valence electrons. The first-order chi connectivity index (χ1) is 19.0. The quantitative estimate of drug-likeness (QED) is 0.121. The zero-order chi connectivity index (χ0) is 29.4. The molecule has 0 amide bonds. The Hall–Kier alpha value is -3.79. The number of aryl methyl sites for hydroxylation is 2. The minimum Gasteiger partial charge on any atom is -0.481 e. The van der Waals surface area contributed by atoms with Crippen LogP contribution < -0.4 is 11.7 Å². The van der Waals surface area contributed by atoms with E-state index >= 15 is 0 Å². The molecule has 2 aromatic rings. The van der Waals surface area contributed by atoms with Gasteiger partial charge < -0.3 is 19.9 Å². The molecular weight excluding hydrogens is 509 g/mol. The predicted molar refractivity (Wildman–Crippen MR) is 158 cm³/mol. The molecule has 0 aliphatic carbocycles. The smallest absolute Gasteiger partial charge is 0.306 e. The van der Waals surface area contributed by atoms with E-state index < -0.39 is 5.97 Å². The topological polar surface area (TPSA) is 117 Å². The first kappa shape index (κ1) is 30.7. The van der Waals surface area contributed by atoms with Gasteiger partial charge >= 0.3 is 5.97 Å². The highest BCUT2D eigenvalue weighted by Gasteiger charge is 2.24. The van der Waals surface area contributed by atoms with Crippen LogP contribution in [-0.4, -0.2) is 53.1 Å². The minimum atomic E-state index is -0.693. The second kappa shape index (κ2) is 14.0.